The Morgan fingerprint density at radius 3 is 2.28 bits per heavy atom. The number of nitrogens with one attached hydrogen (secondary N) is 1. The summed E-state index contributed by atoms with van der Waals surface area (Å²) in [5.74, 6) is -0.236. The van der Waals surface area contributed by atoms with Crippen molar-refractivity contribution in [1.29, 1.82) is 0 Å². The zero-order valence-electron chi connectivity index (χ0n) is 18.6. The molecule has 0 saturated carbocycles. The first-order valence-electron chi connectivity index (χ1n) is 10.3. The van der Waals surface area contributed by atoms with E-state index in [-0.39, 0.29) is 17.4 Å². The Morgan fingerprint density at radius 2 is 1.66 bits per heavy atom. The summed E-state index contributed by atoms with van der Waals surface area (Å²) in [4.78, 5) is 13.1. The van der Waals surface area contributed by atoms with Gasteiger partial charge in [0.05, 0.1) is 10.6 Å². The predicted octanol–water partition coefficient (Wildman–Crippen LogP) is 5.91. The fourth-order valence-electron chi connectivity index (χ4n) is 3.32. The molecule has 0 spiro atoms. The summed E-state index contributed by atoms with van der Waals surface area (Å²) >= 11 is 6.27. The van der Waals surface area contributed by atoms with Crippen LogP contribution in [0.1, 0.15) is 36.5 Å². The van der Waals surface area contributed by atoms with E-state index < -0.39 is 15.9 Å². The van der Waals surface area contributed by atoms with Crippen molar-refractivity contribution >= 4 is 38.9 Å². The number of aryl methyl sites for hydroxylation is 2. The fourth-order valence-corrected chi connectivity index (χ4v) is 4.91. The van der Waals surface area contributed by atoms with Crippen molar-refractivity contribution in [2.24, 2.45) is 0 Å². The quantitative estimate of drug-likeness (QED) is 0.466. The lowest BCUT2D eigenvalue weighted by Gasteiger charge is -2.25. The summed E-state index contributed by atoms with van der Waals surface area (Å²) < 4.78 is 28.1. The van der Waals surface area contributed by atoms with Crippen LogP contribution in [0.25, 0.3) is 0 Å². The molecule has 1 amide bonds. The average Bonchev–Trinajstić information content (AvgIpc) is 2.74. The van der Waals surface area contributed by atoms with E-state index in [0.29, 0.717) is 16.4 Å². The standard InChI is InChI=1S/C25H27ClN2O3S/c1-17(2)22-7-5-6-8-24(22)27-25(29)16-28(20-12-11-19(4)23(26)15-20)32(30,31)21-13-9-18(3)10-14-21/h5-15,17H,16H2,1-4H3,(H,27,29). The summed E-state index contributed by atoms with van der Waals surface area (Å²) in [5.41, 5.74) is 3.73. The van der Waals surface area contributed by atoms with Crippen molar-refractivity contribution in [2.45, 2.75) is 38.5 Å². The van der Waals surface area contributed by atoms with Gasteiger partial charge >= 0.3 is 0 Å². The molecule has 0 heterocycles. The number of hydrogen-bond acceptors (Lipinski definition) is 3. The number of nitrogens with zero attached hydrogens (tertiary/aromatic N) is 1. The van der Waals surface area contributed by atoms with E-state index in [0.717, 1.165) is 21.0 Å². The minimum atomic E-state index is -4.00. The molecule has 1 N–H and O–H groups in total. The molecular weight excluding hydrogens is 444 g/mol. The first-order chi connectivity index (χ1) is 15.1. The molecule has 0 saturated heterocycles. The van der Waals surface area contributed by atoms with E-state index in [9.17, 15) is 13.2 Å². The van der Waals surface area contributed by atoms with E-state index in [1.54, 1.807) is 42.5 Å². The summed E-state index contributed by atoms with van der Waals surface area (Å²) in [5, 5.41) is 3.30. The van der Waals surface area contributed by atoms with Gasteiger partial charge in [-0.15, -0.1) is 0 Å². The van der Waals surface area contributed by atoms with Gasteiger partial charge in [-0.05, 0) is 61.2 Å². The number of para-hydroxylation sites is 1. The molecule has 0 unspecified atom stereocenters. The Kier molecular flexibility index (Phi) is 7.26. The van der Waals surface area contributed by atoms with E-state index in [4.69, 9.17) is 11.6 Å². The van der Waals surface area contributed by atoms with Crippen LogP contribution in [0.2, 0.25) is 5.02 Å². The number of amides is 1. The largest absolute Gasteiger partial charge is 0.324 e. The van der Waals surface area contributed by atoms with Crippen LogP contribution in [0.3, 0.4) is 0 Å². The molecule has 0 aliphatic rings. The van der Waals surface area contributed by atoms with Gasteiger partial charge in [0.1, 0.15) is 6.54 Å². The second kappa shape index (κ2) is 9.76. The predicted molar refractivity (Wildman–Crippen MR) is 131 cm³/mol. The molecule has 168 valence electrons. The van der Waals surface area contributed by atoms with Crippen molar-refractivity contribution in [3.8, 4) is 0 Å². The summed E-state index contributed by atoms with van der Waals surface area (Å²) in [6.07, 6.45) is 0. The maximum absolute atomic E-state index is 13.5. The number of sulfonamides is 1. The van der Waals surface area contributed by atoms with Crippen LogP contribution in [-0.2, 0) is 14.8 Å². The summed E-state index contributed by atoms with van der Waals surface area (Å²) in [6, 6.07) is 19.0. The molecule has 0 aromatic heterocycles. The van der Waals surface area contributed by atoms with Crippen LogP contribution in [0.5, 0.6) is 0 Å². The summed E-state index contributed by atoms with van der Waals surface area (Å²) in [7, 11) is -4.00. The first kappa shape index (κ1) is 23.8. The maximum Gasteiger partial charge on any atom is 0.264 e. The second-order valence-electron chi connectivity index (χ2n) is 8.05. The van der Waals surface area contributed by atoms with Gasteiger partial charge in [0.2, 0.25) is 5.91 Å². The lowest BCUT2D eigenvalue weighted by atomic mass is 10.0. The van der Waals surface area contributed by atoms with E-state index >= 15 is 0 Å². The van der Waals surface area contributed by atoms with Crippen LogP contribution >= 0.6 is 11.6 Å². The Bertz CT molecular complexity index is 1220. The number of rotatable bonds is 7. The number of carbonyl (C=O) groups is 1. The number of anilines is 2. The van der Waals surface area contributed by atoms with Crippen LogP contribution < -0.4 is 9.62 Å². The maximum atomic E-state index is 13.5. The Balaban J connectivity index is 1.99. The van der Waals surface area contributed by atoms with Gasteiger partial charge in [-0.3, -0.25) is 9.10 Å². The zero-order valence-corrected chi connectivity index (χ0v) is 20.2. The highest BCUT2D eigenvalue weighted by molar-refractivity contribution is 7.92. The van der Waals surface area contributed by atoms with Crippen molar-refractivity contribution in [3.05, 3.63) is 88.4 Å². The highest BCUT2D eigenvalue weighted by Crippen LogP contribution is 2.29. The minimum Gasteiger partial charge on any atom is -0.324 e. The third kappa shape index (κ3) is 5.31. The van der Waals surface area contributed by atoms with E-state index in [1.165, 1.54) is 0 Å². The van der Waals surface area contributed by atoms with Gasteiger partial charge in [-0.2, -0.15) is 0 Å². The van der Waals surface area contributed by atoms with E-state index in [2.05, 4.69) is 5.32 Å². The normalized spacial score (nSPS) is 11.4. The molecule has 3 rings (SSSR count). The lowest BCUT2D eigenvalue weighted by Crippen LogP contribution is -2.38. The average molecular weight is 471 g/mol. The van der Waals surface area contributed by atoms with Crippen LogP contribution in [0.4, 0.5) is 11.4 Å². The van der Waals surface area contributed by atoms with Gasteiger partial charge in [0.25, 0.3) is 10.0 Å². The molecular formula is C25H27ClN2O3S. The second-order valence-corrected chi connectivity index (χ2v) is 10.3. The van der Waals surface area contributed by atoms with Crippen LogP contribution in [0, 0.1) is 13.8 Å². The fraction of sp³-hybridized carbons (Fsp3) is 0.240. The number of carbonyl (C=O) groups excluding carboxylic acids is 1. The lowest BCUT2D eigenvalue weighted by molar-refractivity contribution is -0.114. The topological polar surface area (TPSA) is 66.5 Å². The molecule has 0 bridgehead atoms. The van der Waals surface area contributed by atoms with Crippen molar-refractivity contribution in [1.82, 2.24) is 0 Å². The Morgan fingerprint density at radius 1 is 1.00 bits per heavy atom. The SMILES string of the molecule is Cc1ccc(S(=O)(=O)N(CC(=O)Nc2ccccc2C(C)C)c2ccc(C)c(Cl)c2)cc1. The van der Waals surface area contributed by atoms with Gasteiger partial charge in [0, 0.05) is 10.7 Å². The molecule has 0 radical (unpaired) electrons. The molecule has 0 aliphatic heterocycles. The highest BCUT2D eigenvalue weighted by Gasteiger charge is 2.28. The minimum absolute atomic E-state index is 0.107. The van der Waals surface area contributed by atoms with Gasteiger partial charge < -0.3 is 5.32 Å². The van der Waals surface area contributed by atoms with Crippen LogP contribution in [-0.4, -0.2) is 20.9 Å². The third-order valence-electron chi connectivity index (χ3n) is 5.20. The van der Waals surface area contributed by atoms with Crippen LogP contribution in [0.15, 0.2) is 71.6 Å². The van der Waals surface area contributed by atoms with Gasteiger partial charge in [-0.1, -0.05) is 67.4 Å². The number of benzene rings is 3. The molecule has 0 fully saturated rings. The summed E-state index contributed by atoms with van der Waals surface area (Å²) in [6.45, 7) is 7.40. The van der Waals surface area contributed by atoms with Crippen molar-refractivity contribution in [3.63, 3.8) is 0 Å². The third-order valence-corrected chi connectivity index (χ3v) is 7.39. The molecule has 0 aliphatic carbocycles. The number of halogens is 1. The molecule has 3 aromatic carbocycles. The zero-order chi connectivity index (χ0) is 23.5. The van der Waals surface area contributed by atoms with E-state index in [1.807, 2.05) is 52.0 Å². The highest BCUT2D eigenvalue weighted by atomic mass is 35.5. The monoisotopic (exact) mass is 470 g/mol. The smallest absolute Gasteiger partial charge is 0.264 e. The van der Waals surface area contributed by atoms with Gasteiger partial charge in [0.15, 0.2) is 0 Å². The Hall–Kier alpha value is -2.83. The first-order valence-corrected chi connectivity index (χ1v) is 12.2. The molecule has 3 aromatic rings. The number of hydrogen-bond donors (Lipinski definition) is 1. The Labute approximate surface area is 195 Å². The van der Waals surface area contributed by atoms with Crippen molar-refractivity contribution in [2.75, 3.05) is 16.2 Å². The van der Waals surface area contributed by atoms with Crippen molar-refractivity contribution < 1.29 is 13.2 Å². The van der Waals surface area contributed by atoms with Gasteiger partial charge in [-0.25, -0.2) is 8.42 Å². The molecule has 5 nitrogen and oxygen atoms in total. The molecule has 7 heteroatoms. The molecule has 32 heavy (non-hydrogen) atoms. The molecule has 0 atom stereocenters.